The van der Waals surface area contributed by atoms with Gasteiger partial charge >= 0.3 is 0 Å². The fourth-order valence-electron chi connectivity index (χ4n) is 1.82. The van der Waals surface area contributed by atoms with Gasteiger partial charge in [0.05, 0.1) is 5.02 Å². The minimum Gasteiger partial charge on any atom is -0.506 e. The number of benzene rings is 2. The SMILES string of the molecule is NCc1cc(Oc2ccc(OCC(N)=O)c(Cl)c2Cl)cc(Cl)c1O. The van der Waals surface area contributed by atoms with Gasteiger partial charge < -0.3 is 26.0 Å². The van der Waals surface area contributed by atoms with Crippen LogP contribution in [0.2, 0.25) is 15.1 Å². The Bertz CT molecular complexity index is 784. The van der Waals surface area contributed by atoms with Crippen LogP contribution in [0, 0.1) is 0 Å². The molecule has 0 aliphatic rings. The number of phenolic OH excluding ortho intramolecular Hbond substituents is 1. The molecule has 0 fully saturated rings. The fraction of sp³-hybridized carbons (Fsp3) is 0.133. The fourth-order valence-corrected chi connectivity index (χ4v) is 2.46. The predicted octanol–water partition coefficient (Wildman–Crippen LogP) is 3.47. The normalized spacial score (nSPS) is 10.5. The number of nitrogens with two attached hydrogens (primary N) is 2. The molecule has 0 aliphatic heterocycles. The molecule has 0 saturated carbocycles. The van der Waals surface area contributed by atoms with E-state index in [2.05, 4.69) is 0 Å². The van der Waals surface area contributed by atoms with E-state index in [0.717, 1.165) is 0 Å². The van der Waals surface area contributed by atoms with Crippen molar-refractivity contribution in [2.75, 3.05) is 6.61 Å². The summed E-state index contributed by atoms with van der Waals surface area (Å²) >= 11 is 18.2. The third-order valence-corrected chi connectivity index (χ3v) is 4.08. The van der Waals surface area contributed by atoms with E-state index in [1.54, 1.807) is 0 Å². The first kappa shape index (κ1) is 18.5. The summed E-state index contributed by atoms with van der Waals surface area (Å²) in [6.45, 7) is -0.249. The smallest absolute Gasteiger partial charge is 0.255 e. The minimum atomic E-state index is -0.643. The van der Waals surface area contributed by atoms with Crippen LogP contribution in [-0.2, 0) is 11.3 Å². The van der Waals surface area contributed by atoms with Gasteiger partial charge in [0.2, 0.25) is 0 Å². The molecule has 2 rings (SSSR count). The highest BCUT2D eigenvalue weighted by Crippen LogP contribution is 2.42. The van der Waals surface area contributed by atoms with E-state index in [9.17, 15) is 9.90 Å². The second-order valence-electron chi connectivity index (χ2n) is 4.66. The molecule has 0 saturated heterocycles. The van der Waals surface area contributed by atoms with E-state index in [0.29, 0.717) is 11.3 Å². The summed E-state index contributed by atoms with van der Waals surface area (Å²) in [5.74, 6) is 0.000420. The van der Waals surface area contributed by atoms with Crippen LogP contribution in [0.3, 0.4) is 0 Å². The molecule has 1 amide bonds. The number of aromatic hydroxyl groups is 1. The number of carbonyl (C=O) groups is 1. The van der Waals surface area contributed by atoms with Crippen molar-refractivity contribution < 1.29 is 19.4 Å². The molecule has 0 heterocycles. The Morgan fingerprint density at radius 1 is 1.12 bits per heavy atom. The first-order valence-electron chi connectivity index (χ1n) is 6.62. The summed E-state index contributed by atoms with van der Waals surface area (Å²) in [7, 11) is 0. The molecule has 9 heteroatoms. The number of halogens is 3. The van der Waals surface area contributed by atoms with Crippen molar-refractivity contribution in [3.63, 3.8) is 0 Å². The largest absolute Gasteiger partial charge is 0.506 e. The van der Waals surface area contributed by atoms with E-state index in [-0.39, 0.29) is 45.5 Å². The van der Waals surface area contributed by atoms with Crippen molar-refractivity contribution in [1.82, 2.24) is 0 Å². The number of primary amides is 1. The Morgan fingerprint density at radius 3 is 2.38 bits per heavy atom. The number of rotatable bonds is 6. The van der Waals surface area contributed by atoms with Gasteiger partial charge in [-0.3, -0.25) is 4.79 Å². The standard InChI is InChI=1S/C15H13Cl3N2O4/c16-9-4-8(3-7(5-19)15(9)22)24-11-2-1-10(13(17)14(11)18)23-6-12(20)21/h1-4,22H,5-6,19H2,(H2,20,21). The lowest BCUT2D eigenvalue weighted by molar-refractivity contribution is -0.119. The van der Waals surface area contributed by atoms with Gasteiger partial charge in [-0.15, -0.1) is 0 Å². The van der Waals surface area contributed by atoms with Crippen molar-refractivity contribution in [3.05, 3.63) is 44.9 Å². The van der Waals surface area contributed by atoms with Gasteiger partial charge in [-0.2, -0.15) is 0 Å². The van der Waals surface area contributed by atoms with E-state index in [4.69, 9.17) is 55.7 Å². The third kappa shape index (κ3) is 4.15. The molecule has 0 unspecified atom stereocenters. The maximum absolute atomic E-state index is 10.8. The lowest BCUT2D eigenvalue weighted by Crippen LogP contribution is -2.20. The third-order valence-electron chi connectivity index (χ3n) is 2.94. The summed E-state index contributed by atoms with van der Waals surface area (Å²) < 4.78 is 10.8. The van der Waals surface area contributed by atoms with E-state index in [1.807, 2.05) is 0 Å². The van der Waals surface area contributed by atoms with Crippen LogP contribution in [0.25, 0.3) is 0 Å². The first-order chi connectivity index (χ1) is 11.3. The van der Waals surface area contributed by atoms with Gasteiger partial charge in [-0.1, -0.05) is 34.8 Å². The molecule has 5 N–H and O–H groups in total. The number of hydrogen-bond donors (Lipinski definition) is 3. The number of phenols is 1. The molecular formula is C15H13Cl3N2O4. The number of hydrogen-bond acceptors (Lipinski definition) is 5. The molecule has 2 aromatic carbocycles. The van der Waals surface area contributed by atoms with E-state index < -0.39 is 5.91 Å². The van der Waals surface area contributed by atoms with Crippen molar-refractivity contribution in [1.29, 1.82) is 0 Å². The molecule has 0 bridgehead atoms. The van der Waals surface area contributed by atoms with Crippen molar-refractivity contribution >= 4 is 40.7 Å². The van der Waals surface area contributed by atoms with Gasteiger partial charge in [0.15, 0.2) is 6.61 Å². The minimum absolute atomic E-state index is 0.0688. The van der Waals surface area contributed by atoms with Crippen LogP contribution < -0.4 is 20.9 Å². The Balaban J connectivity index is 2.29. The Morgan fingerprint density at radius 2 is 1.75 bits per heavy atom. The molecule has 0 aliphatic carbocycles. The van der Waals surface area contributed by atoms with Gasteiger partial charge in [0.25, 0.3) is 5.91 Å². The zero-order valence-corrected chi connectivity index (χ0v) is 14.5. The van der Waals surface area contributed by atoms with Crippen molar-refractivity contribution in [3.8, 4) is 23.0 Å². The zero-order valence-electron chi connectivity index (χ0n) is 12.2. The van der Waals surface area contributed by atoms with Crippen LogP contribution in [0.1, 0.15) is 5.56 Å². The Hall–Kier alpha value is -1.86. The highest BCUT2D eigenvalue weighted by Gasteiger charge is 2.15. The molecule has 0 spiro atoms. The topological polar surface area (TPSA) is 108 Å². The molecular weight excluding hydrogens is 379 g/mol. The maximum atomic E-state index is 10.8. The zero-order chi connectivity index (χ0) is 17.9. The second kappa shape index (κ2) is 7.81. The van der Waals surface area contributed by atoms with Crippen molar-refractivity contribution in [2.45, 2.75) is 6.54 Å². The summed E-state index contributed by atoms with van der Waals surface area (Å²) in [6, 6.07) is 5.94. The quantitative estimate of drug-likeness (QED) is 0.699. The summed E-state index contributed by atoms with van der Waals surface area (Å²) in [6.07, 6.45) is 0. The lowest BCUT2D eigenvalue weighted by atomic mass is 10.2. The molecule has 0 radical (unpaired) electrons. The highest BCUT2D eigenvalue weighted by atomic mass is 35.5. The maximum Gasteiger partial charge on any atom is 0.255 e. The van der Waals surface area contributed by atoms with Crippen LogP contribution in [0.15, 0.2) is 24.3 Å². The average Bonchev–Trinajstić information content (AvgIpc) is 2.54. The van der Waals surface area contributed by atoms with Crippen LogP contribution >= 0.6 is 34.8 Å². The molecule has 128 valence electrons. The molecule has 24 heavy (non-hydrogen) atoms. The van der Waals surface area contributed by atoms with Gasteiger partial charge in [0, 0.05) is 18.2 Å². The van der Waals surface area contributed by atoms with Crippen LogP contribution in [-0.4, -0.2) is 17.6 Å². The second-order valence-corrected chi connectivity index (χ2v) is 5.83. The van der Waals surface area contributed by atoms with E-state index >= 15 is 0 Å². The monoisotopic (exact) mass is 390 g/mol. The van der Waals surface area contributed by atoms with Crippen LogP contribution in [0.5, 0.6) is 23.0 Å². The Kier molecular flexibility index (Phi) is 6.01. The van der Waals surface area contributed by atoms with Gasteiger partial charge in [-0.05, 0) is 18.2 Å². The summed E-state index contributed by atoms with van der Waals surface area (Å²) in [5, 5.41) is 10.0. The number of amides is 1. The molecule has 6 nitrogen and oxygen atoms in total. The van der Waals surface area contributed by atoms with Crippen molar-refractivity contribution in [2.24, 2.45) is 11.5 Å². The number of carbonyl (C=O) groups excluding carboxylic acids is 1. The lowest BCUT2D eigenvalue weighted by Gasteiger charge is -2.13. The highest BCUT2D eigenvalue weighted by molar-refractivity contribution is 6.43. The molecule has 0 aromatic heterocycles. The predicted molar refractivity (Wildman–Crippen MR) is 92.2 cm³/mol. The number of ether oxygens (including phenoxy) is 2. The summed E-state index contributed by atoms with van der Waals surface area (Å²) in [5.41, 5.74) is 11.0. The van der Waals surface area contributed by atoms with E-state index in [1.165, 1.54) is 24.3 Å². The average molecular weight is 392 g/mol. The molecule has 0 atom stereocenters. The first-order valence-corrected chi connectivity index (χ1v) is 7.75. The summed E-state index contributed by atoms with van der Waals surface area (Å²) in [4.78, 5) is 10.8. The molecule has 2 aromatic rings. The van der Waals surface area contributed by atoms with Crippen LogP contribution in [0.4, 0.5) is 0 Å². The van der Waals surface area contributed by atoms with Gasteiger partial charge in [-0.25, -0.2) is 0 Å². The van der Waals surface area contributed by atoms with Gasteiger partial charge in [0.1, 0.15) is 33.0 Å². The Labute approximate surface area is 152 Å².